The van der Waals surface area contributed by atoms with Crippen LogP contribution in [0.15, 0.2) is 24.3 Å². The van der Waals surface area contributed by atoms with Crippen molar-refractivity contribution in [2.75, 3.05) is 47.3 Å². The molecule has 0 saturated carbocycles. The van der Waals surface area contributed by atoms with Gasteiger partial charge in [-0.05, 0) is 84.4 Å². The minimum Gasteiger partial charge on any atom is -0.306 e. The molecular formula is C21H35N3. The largest absolute Gasteiger partial charge is 0.306 e. The van der Waals surface area contributed by atoms with E-state index in [9.17, 15) is 0 Å². The molecule has 24 heavy (non-hydrogen) atoms. The number of likely N-dealkylation sites (N-methyl/N-ethyl adjacent to an activating group) is 1. The van der Waals surface area contributed by atoms with Crippen LogP contribution in [0.4, 0.5) is 0 Å². The Morgan fingerprint density at radius 1 is 0.958 bits per heavy atom. The summed E-state index contributed by atoms with van der Waals surface area (Å²) in [5, 5.41) is 0. The first-order valence-corrected chi connectivity index (χ1v) is 9.58. The SMILES string of the molecule is CN1CCC(c2ccc(C(C)(C)N3CCC(N(C)C)C3)cc2)CC1. The Morgan fingerprint density at radius 3 is 2.12 bits per heavy atom. The van der Waals surface area contributed by atoms with Crippen molar-refractivity contribution in [1.82, 2.24) is 14.7 Å². The summed E-state index contributed by atoms with van der Waals surface area (Å²) in [4.78, 5) is 7.48. The second-order valence-corrected chi connectivity index (χ2v) is 8.61. The van der Waals surface area contributed by atoms with Crippen LogP contribution >= 0.6 is 0 Å². The summed E-state index contributed by atoms with van der Waals surface area (Å²) in [7, 11) is 6.65. The summed E-state index contributed by atoms with van der Waals surface area (Å²) in [5.74, 6) is 0.753. The third kappa shape index (κ3) is 3.68. The highest BCUT2D eigenvalue weighted by atomic mass is 15.3. The van der Waals surface area contributed by atoms with E-state index in [0.29, 0.717) is 6.04 Å². The first kappa shape index (κ1) is 17.9. The summed E-state index contributed by atoms with van der Waals surface area (Å²) in [6.45, 7) is 9.61. The number of hydrogen-bond acceptors (Lipinski definition) is 3. The summed E-state index contributed by atoms with van der Waals surface area (Å²) in [5.41, 5.74) is 3.12. The Morgan fingerprint density at radius 2 is 1.58 bits per heavy atom. The van der Waals surface area contributed by atoms with Gasteiger partial charge in [-0.2, -0.15) is 0 Å². The van der Waals surface area contributed by atoms with Gasteiger partial charge in [0.15, 0.2) is 0 Å². The zero-order chi connectivity index (χ0) is 17.3. The van der Waals surface area contributed by atoms with E-state index < -0.39 is 0 Å². The van der Waals surface area contributed by atoms with Crippen LogP contribution in [0.25, 0.3) is 0 Å². The Kier molecular flexibility index (Phi) is 5.33. The Hall–Kier alpha value is -0.900. The van der Waals surface area contributed by atoms with Crippen molar-refractivity contribution in [3.63, 3.8) is 0 Å². The average molecular weight is 330 g/mol. The molecule has 0 bridgehead atoms. The van der Waals surface area contributed by atoms with Crippen molar-refractivity contribution < 1.29 is 0 Å². The van der Waals surface area contributed by atoms with Crippen LogP contribution in [0, 0.1) is 0 Å². The molecule has 0 aromatic heterocycles. The maximum Gasteiger partial charge on any atom is 0.0405 e. The van der Waals surface area contributed by atoms with Gasteiger partial charge in [0.25, 0.3) is 0 Å². The lowest BCUT2D eigenvalue weighted by molar-refractivity contribution is 0.142. The highest BCUT2D eigenvalue weighted by Crippen LogP contribution is 2.34. The fourth-order valence-corrected chi connectivity index (χ4v) is 4.36. The van der Waals surface area contributed by atoms with Gasteiger partial charge in [-0.1, -0.05) is 24.3 Å². The topological polar surface area (TPSA) is 9.72 Å². The number of hydrogen-bond donors (Lipinski definition) is 0. The van der Waals surface area contributed by atoms with Gasteiger partial charge in [0.1, 0.15) is 0 Å². The molecule has 0 amide bonds. The molecule has 0 spiro atoms. The molecule has 0 N–H and O–H groups in total. The summed E-state index contributed by atoms with van der Waals surface area (Å²) in [6.07, 6.45) is 3.88. The minimum absolute atomic E-state index is 0.121. The second-order valence-electron chi connectivity index (χ2n) is 8.61. The first-order valence-electron chi connectivity index (χ1n) is 9.58. The third-order valence-electron chi connectivity index (χ3n) is 6.49. The predicted octanol–water partition coefficient (Wildman–Crippen LogP) is 3.37. The number of benzene rings is 1. The van der Waals surface area contributed by atoms with Crippen LogP contribution in [-0.2, 0) is 5.54 Å². The van der Waals surface area contributed by atoms with E-state index in [-0.39, 0.29) is 5.54 Å². The Bertz CT molecular complexity index is 527. The summed E-state index contributed by atoms with van der Waals surface area (Å²) < 4.78 is 0. The highest BCUT2D eigenvalue weighted by molar-refractivity contribution is 5.30. The van der Waals surface area contributed by atoms with Crippen molar-refractivity contribution in [2.24, 2.45) is 0 Å². The van der Waals surface area contributed by atoms with Gasteiger partial charge < -0.3 is 9.80 Å². The van der Waals surface area contributed by atoms with E-state index >= 15 is 0 Å². The van der Waals surface area contributed by atoms with Crippen molar-refractivity contribution in [1.29, 1.82) is 0 Å². The van der Waals surface area contributed by atoms with E-state index in [4.69, 9.17) is 0 Å². The first-order chi connectivity index (χ1) is 11.4. The van der Waals surface area contributed by atoms with E-state index in [1.54, 1.807) is 0 Å². The molecule has 3 rings (SSSR count). The number of piperidine rings is 1. The second kappa shape index (κ2) is 7.15. The molecule has 2 aliphatic heterocycles. The fourth-order valence-electron chi connectivity index (χ4n) is 4.36. The molecule has 0 aliphatic carbocycles. The normalized spacial score (nSPS) is 24.8. The predicted molar refractivity (Wildman–Crippen MR) is 103 cm³/mol. The third-order valence-corrected chi connectivity index (χ3v) is 6.49. The monoisotopic (exact) mass is 329 g/mol. The van der Waals surface area contributed by atoms with Crippen molar-refractivity contribution in [3.05, 3.63) is 35.4 Å². The molecule has 134 valence electrons. The van der Waals surface area contributed by atoms with Crippen LogP contribution in [0.1, 0.15) is 50.2 Å². The minimum atomic E-state index is 0.121. The van der Waals surface area contributed by atoms with Crippen molar-refractivity contribution >= 4 is 0 Å². The molecule has 3 nitrogen and oxygen atoms in total. The fraction of sp³-hybridized carbons (Fsp3) is 0.714. The molecule has 1 atom stereocenters. The van der Waals surface area contributed by atoms with Crippen LogP contribution in [0.5, 0.6) is 0 Å². The zero-order valence-corrected chi connectivity index (χ0v) is 16.3. The van der Waals surface area contributed by atoms with Crippen LogP contribution in [0.2, 0.25) is 0 Å². The lowest BCUT2D eigenvalue weighted by Gasteiger charge is -2.37. The molecule has 1 aromatic rings. The van der Waals surface area contributed by atoms with Gasteiger partial charge in [-0.25, -0.2) is 0 Å². The number of rotatable bonds is 4. The molecular weight excluding hydrogens is 294 g/mol. The van der Waals surface area contributed by atoms with E-state index in [0.717, 1.165) is 5.92 Å². The highest BCUT2D eigenvalue weighted by Gasteiger charge is 2.35. The Labute approximate surface area is 148 Å². The lowest BCUT2D eigenvalue weighted by Crippen LogP contribution is -2.42. The van der Waals surface area contributed by atoms with E-state index in [1.165, 1.54) is 56.6 Å². The molecule has 2 heterocycles. The van der Waals surface area contributed by atoms with E-state index in [2.05, 4.69) is 74.0 Å². The summed E-state index contributed by atoms with van der Waals surface area (Å²) in [6, 6.07) is 10.3. The summed E-state index contributed by atoms with van der Waals surface area (Å²) >= 11 is 0. The standard InChI is InChI=1S/C21H35N3/c1-21(2,24-15-12-20(16-24)22(3)4)19-8-6-17(7-9-19)18-10-13-23(5)14-11-18/h6-9,18,20H,10-16H2,1-5H3. The molecule has 2 saturated heterocycles. The van der Waals surface area contributed by atoms with Gasteiger partial charge in [-0.15, -0.1) is 0 Å². The van der Waals surface area contributed by atoms with Crippen molar-refractivity contribution in [3.8, 4) is 0 Å². The lowest BCUT2D eigenvalue weighted by atomic mass is 9.86. The number of likely N-dealkylation sites (tertiary alicyclic amines) is 2. The molecule has 0 radical (unpaired) electrons. The number of nitrogens with zero attached hydrogens (tertiary/aromatic N) is 3. The van der Waals surface area contributed by atoms with Gasteiger partial charge in [0, 0.05) is 24.7 Å². The van der Waals surface area contributed by atoms with Crippen LogP contribution in [0.3, 0.4) is 0 Å². The molecule has 3 heteroatoms. The molecule has 2 aliphatic rings. The maximum absolute atomic E-state index is 2.66. The van der Waals surface area contributed by atoms with Gasteiger partial charge in [-0.3, -0.25) is 4.90 Å². The average Bonchev–Trinajstić information content (AvgIpc) is 3.07. The molecule has 2 fully saturated rings. The zero-order valence-electron chi connectivity index (χ0n) is 16.3. The van der Waals surface area contributed by atoms with Gasteiger partial charge in [0.2, 0.25) is 0 Å². The van der Waals surface area contributed by atoms with E-state index in [1.807, 2.05) is 0 Å². The van der Waals surface area contributed by atoms with Crippen LogP contribution in [-0.4, -0.2) is 68.1 Å². The maximum atomic E-state index is 2.66. The smallest absolute Gasteiger partial charge is 0.0405 e. The van der Waals surface area contributed by atoms with Crippen LogP contribution < -0.4 is 0 Å². The van der Waals surface area contributed by atoms with Gasteiger partial charge in [0.05, 0.1) is 0 Å². The molecule has 1 unspecified atom stereocenters. The van der Waals surface area contributed by atoms with Crippen molar-refractivity contribution in [2.45, 2.75) is 50.6 Å². The molecule has 1 aromatic carbocycles. The quantitative estimate of drug-likeness (QED) is 0.838. The Balaban J connectivity index is 1.68. The van der Waals surface area contributed by atoms with Gasteiger partial charge >= 0.3 is 0 Å².